The number of hydrogen-bond donors (Lipinski definition) is 1. The summed E-state index contributed by atoms with van der Waals surface area (Å²) in [6, 6.07) is 3.35. The van der Waals surface area contributed by atoms with Crippen molar-refractivity contribution in [1.82, 2.24) is 9.78 Å². The van der Waals surface area contributed by atoms with Gasteiger partial charge in [-0.05, 0) is 30.6 Å². The van der Waals surface area contributed by atoms with Crippen molar-refractivity contribution in [3.05, 3.63) is 28.2 Å². The summed E-state index contributed by atoms with van der Waals surface area (Å²) in [6.07, 6.45) is 1.49. The van der Waals surface area contributed by atoms with E-state index in [-0.39, 0.29) is 11.5 Å². The molecule has 0 radical (unpaired) electrons. The van der Waals surface area contributed by atoms with Crippen LogP contribution >= 0.6 is 0 Å². The molecule has 2 rings (SSSR count). The van der Waals surface area contributed by atoms with Gasteiger partial charge in [0.25, 0.3) is 5.56 Å². The highest BCUT2D eigenvalue weighted by atomic mass is 16.5. The SMILES string of the molecule is CC(C)c1ccc(=O)n(CC2CCB(O)OC2)n1. The minimum Gasteiger partial charge on any atom is -0.427 e. The van der Waals surface area contributed by atoms with Crippen molar-refractivity contribution in [3.63, 3.8) is 0 Å². The largest absolute Gasteiger partial charge is 0.454 e. The van der Waals surface area contributed by atoms with E-state index in [2.05, 4.69) is 18.9 Å². The van der Waals surface area contributed by atoms with E-state index in [1.807, 2.05) is 0 Å². The van der Waals surface area contributed by atoms with Crippen molar-refractivity contribution in [3.8, 4) is 0 Å². The molecule has 1 aliphatic rings. The Balaban J connectivity index is 2.08. The summed E-state index contributed by atoms with van der Waals surface area (Å²) >= 11 is 0. The lowest BCUT2D eigenvalue weighted by molar-refractivity contribution is 0.161. The maximum absolute atomic E-state index is 11.7. The van der Waals surface area contributed by atoms with Gasteiger partial charge in [0.15, 0.2) is 0 Å². The van der Waals surface area contributed by atoms with Gasteiger partial charge in [0, 0.05) is 19.2 Å². The molecule has 0 amide bonds. The normalized spacial score (nSPS) is 20.4. The lowest BCUT2D eigenvalue weighted by atomic mass is 9.77. The number of rotatable bonds is 3. The Hall–Kier alpha value is -1.14. The Morgan fingerprint density at radius 2 is 2.39 bits per heavy atom. The van der Waals surface area contributed by atoms with Gasteiger partial charge >= 0.3 is 7.12 Å². The standard InChI is InChI=1S/C12H19BN2O3/c1-9(2)11-3-4-12(16)15(14-11)7-10-5-6-13(17)18-8-10/h3-4,9-10,17H,5-8H2,1-2H3. The molecule has 0 bridgehead atoms. The predicted molar refractivity (Wildman–Crippen MR) is 69.4 cm³/mol. The van der Waals surface area contributed by atoms with Gasteiger partial charge in [0.05, 0.1) is 5.69 Å². The summed E-state index contributed by atoms with van der Waals surface area (Å²) in [5.41, 5.74) is 0.844. The van der Waals surface area contributed by atoms with Gasteiger partial charge < -0.3 is 9.68 Å². The Kier molecular flexibility index (Phi) is 4.19. The molecule has 1 N–H and O–H groups in total. The second-order valence-corrected chi connectivity index (χ2v) is 5.16. The highest BCUT2D eigenvalue weighted by Gasteiger charge is 2.24. The van der Waals surface area contributed by atoms with Crippen LogP contribution in [0.15, 0.2) is 16.9 Å². The zero-order valence-corrected chi connectivity index (χ0v) is 10.9. The van der Waals surface area contributed by atoms with Crippen LogP contribution in [0.2, 0.25) is 6.32 Å². The van der Waals surface area contributed by atoms with Gasteiger partial charge in [0.1, 0.15) is 0 Å². The van der Waals surface area contributed by atoms with Crippen LogP contribution in [-0.4, -0.2) is 28.5 Å². The third-order valence-corrected chi connectivity index (χ3v) is 3.26. The van der Waals surface area contributed by atoms with E-state index < -0.39 is 7.12 Å². The van der Waals surface area contributed by atoms with Gasteiger partial charge in [-0.3, -0.25) is 4.79 Å². The molecule has 6 heteroatoms. The third kappa shape index (κ3) is 3.20. The van der Waals surface area contributed by atoms with E-state index in [9.17, 15) is 9.82 Å². The van der Waals surface area contributed by atoms with E-state index in [0.717, 1.165) is 12.1 Å². The van der Waals surface area contributed by atoms with Crippen molar-refractivity contribution >= 4 is 7.12 Å². The topological polar surface area (TPSA) is 64.4 Å². The molecule has 18 heavy (non-hydrogen) atoms. The number of hydrogen-bond acceptors (Lipinski definition) is 4. The molecule has 2 heterocycles. The molecule has 1 aromatic heterocycles. The van der Waals surface area contributed by atoms with Crippen molar-refractivity contribution in [2.45, 2.75) is 39.1 Å². The molecule has 1 unspecified atom stereocenters. The van der Waals surface area contributed by atoms with E-state index in [1.54, 1.807) is 12.1 Å². The zero-order valence-electron chi connectivity index (χ0n) is 10.9. The quantitative estimate of drug-likeness (QED) is 0.809. The van der Waals surface area contributed by atoms with E-state index in [1.165, 1.54) is 4.68 Å². The monoisotopic (exact) mass is 250 g/mol. The van der Waals surface area contributed by atoms with Gasteiger partial charge in [-0.25, -0.2) is 4.68 Å². The molecule has 1 fully saturated rings. The maximum atomic E-state index is 11.7. The average molecular weight is 250 g/mol. The van der Waals surface area contributed by atoms with Crippen LogP contribution < -0.4 is 5.56 Å². The summed E-state index contributed by atoms with van der Waals surface area (Å²) in [5, 5.41) is 13.6. The van der Waals surface area contributed by atoms with Gasteiger partial charge in [-0.15, -0.1) is 0 Å². The van der Waals surface area contributed by atoms with Gasteiger partial charge in [-0.2, -0.15) is 5.10 Å². The summed E-state index contributed by atoms with van der Waals surface area (Å²) in [4.78, 5) is 11.7. The van der Waals surface area contributed by atoms with Crippen molar-refractivity contribution in [2.24, 2.45) is 5.92 Å². The first-order chi connectivity index (χ1) is 8.56. The van der Waals surface area contributed by atoms with E-state index in [0.29, 0.717) is 25.4 Å². The molecule has 1 aromatic rings. The Labute approximate surface area is 107 Å². The molecule has 1 aliphatic heterocycles. The molecule has 0 saturated carbocycles. The van der Waals surface area contributed by atoms with Crippen molar-refractivity contribution in [1.29, 1.82) is 0 Å². The van der Waals surface area contributed by atoms with Crippen LogP contribution in [0.3, 0.4) is 0 Å². The smallest absolute Gasteiger partial charge is 0.427 e. The molecular weight excluding hydrogens is 231 g/mol. The average Bonchev–Trinajstić information content (AvgIpc) is 2.34. The Morgan fingerprint density at radius 3 is 3.00 bits per heavy atom. The molecule has 0 aromatic carbocycles. The van der Waals surface area contributed by atoms with Crippen LogP contribution in [0.1, 0.15) is 31.9 Å². The number of nitrogens with zero attached hydrogens (tertiary/aromatic N) is 2. The minimum absolute atomic E-state index is 0.0782. The van der Waals surface area contributed by atoms with E-state index in [4.69, 9.17) is 4.65 Å². The molecule has 98 valence electrons. The summed E-state index contributed by atoms with van der Waals surface area (Å²) < 4.78 is 6.71. The van der Waals surface area contributed by atoms with Crippen molar-refractivity contribution in [2.75, 3.05) is 6.61 Å². The van der Waals surface area contributed by atoms with Crippen LogP contribution in [0.4, 0.5) is 0 Å². The minimum atomic E-state index is -0.645. The van der Waals surface area contributed by atoms with Crippen molar-refractivity contribution < 1.29 is 9.68 Å². The van der Waals surface area contributed by atoms with Gasteiger partial charge in [-0.1, -0.05) is 13.8 Å². The maximum Gasteiger partial charge on any atom is 0.454 e. The molecular formula is C12H19BN2O3. The van der Waals surface area contributed by atoms with Crippen LogP contribution in [0.5, 0.6) is 0 Å². The molecule has 5 nitrogen and oxygen atoms in total. The third-order valence-electron chi connectivity index (χ3n) is 3.26. The van der Waals surface area contributed by atoms with Gasteiger partial charge in [0.2, 0.25) is 0 Å². The molecule has 0 aliphatic carbocycles. The van der Waals surface area contributed by atoms with Crippen LogP contribution in [0, 0.1) is 5.92 Å². The molecule has 1 atom stereocenters. The second-order valence-electron chi connectivity index (χ2n) is 5.16. The first kappa shape index (κ1) is 13.3. The fourth-order valence-corrected chi connectivity index (χ4v) is 2.08. The fraction of sp³-hybridized carbons (Fsp3) is 0.667. The predicted octanol–water partition coefficient (Wildman–Crippen LogP) is 0.884. The lowest BCUT2D eigenvalue weighted by Gasteiger charge is -2.24. The Bertz CT molecular complexity index is 453. The molecule has 0 spiro atoms. The summed E-state index contributed by atoms with van der Waals surface area (Å²) in [5.74, 6) is 0.558. The first-order valence-corrected chi connectivity index (χ1v) is 6.44. The number of aromatic nitrogens is 2. The zero-order chi connectivity index (χ0) is 13.1. The van der Waals surface area contributed by atoms with Crippen LogP contribution in [0.25, 0.3) is 0 Å². The molecule has 1 saturated heterocycles. The Morgan fingerprint density at radius 1 is 1.61 bits per heavy atom. The first-order valence-electron chi connectivity index (χ1n) is 6.44. The summed E-state index contributed by atoms with van der Waals surface area (Å²) in [7, 11) is -0.645. The van der Waals surface area contributed by atoms with Crippen LogP contribution in [-0.2, 0) is 11.2 Å². The summed E-state index contributed by atoms with van der Waals surface area (Å²) in [6.45, 7) is 5.15. The lowest BCUT2D eigenvalue weighted by Crippen LogP contribution is -2.34. The second kappa shape index (κ2) is 5.67. The highest BCUT2D eigenvalue weighted by molar-refractivity contribution is 6.42. The highest BCUT2D eigenvalue weighted by Crippen LogP contribution is 2.17. The fourth-order valence-electron chi connectivity index (χ4n) is 2.08. The van der Waals surface area contributed by atoms with E-state index >= 15 is 0 Å².